The van der Waals surface area contributed by atoms with E-state index >= 15 is 0 Å². The lowest BCUT2D eigenvalue weighted by Gasteiger charge is -2.16. The molecular weight excluding hydrogens is 190 g/mol. The second-order valence-corrected chi connectivity index (χ2v) is 3.45. The van der Waals surface area contributed by atoms with Crippen molar-refractivity contribution >= 4 is 5.82 Å². The van der Waals surface area contributed by atoms with Gasteiger partial charge in [0.25, 0.3) is 0 Å². The summed E-state index contributed by atoms with van der Waals surface area (Å²) in [5, 5.41) is 3.29. The highest BCUT2D eigenvalue weighted by molar-refractivity contribution is 5.38. The topological polar surface area (TPSA) is 60.2 Å². The fourth-order valence-electron chi connectivity index (χ4n) is 1.39. The van der Waals surface area contributed by atoms with E-state index in [1.165, 1.54) is 0 Å². The Hall–Kier alpha value is -1.29. The van der Waals surface area contributed by atoms with Gasteiger partial charge in [0.2, 0.25) is 0 Å². The molecule has 0 aromatic carbocycles. The lowest BCUT2D eigenvalue weighted by Crippen LogP contribution is -2.28. The van der Waals surface area contributed by atoms with E-state index in [-0.39, 0.29) is 0 Å². The zero-order valence-corrected chi connectivity index (χ0v) is 9.36. The molecule has 0 saturated heterocycles. The number of nitrogens with zero attached hydrogens (tertiary/aromatic N) is 1. The average Bonchev–Trinajstić information content (AvgIpc) is 2.29. The summed E-state index contributed by atoms with van der Waals surface area (Å²) in [6, 6.07) is 4.09. The van der Waals surface area contributed by atoms with E-state index in [0.717, 1.165) is 24.4 Å². The largest absolute Gasteiger partial charge is 0.495 e. The maximum absolute atomic E-state index is 5.65. The molecule has 1 atom stereocenters. The minimum Gasteiger partial charge on any atom is -0.495 e. The molecule has 4 nitrogen and oxygen atoms in total. The summed E-state index contributed by atoms with van der Waals surface area (Å²) >= 11 is 0. The standard InChI is InChI=1S/C11H19N3O/c1-3-4-9(7-12)14-11-6-5-10(15-2)8-13-11/h5-6,8-9H,3-4,7,12H2,1-2H3,(H,13,14). The molecule has 0 saturated carbocycles. The minimum atomic E-state index is 0.302. The highest BCUT2D eigenvalue weighted by Crippen LogP contribution is 2.12. The van der Waals surface area contributed by atoms with Crippen LogP contribution in [0.25, 0.3) is 0 Å². The van der Waals surface area contributed by atoms with E-state index in [4.69, 9.17) is 10.5 Å². The van der Waals surface area contributed by atoms with Crippen LogP contribution in [-0.2, 0) is 0 Å². The number of hydrogen-bond donors (Lipinski definition) is 2. The number of aromatic nitrogens is 1. The molecule has 0 aliphatic rings. The van der Waals surface area contributed by atoms with E-state index in [1.54, 1.807) is 13.3 Å². The molecule has 1 aromatic rings. The van der Waals surface area contributed by atoms with Gasteiger partial charge >= 0.3 is 0 Å². The van der Waals surface area contributed by atoms with Crippen molar-refractivity contribution in [3.8, 4) is 5.75 Å². The second-order valence-electron chi connectivity index (χ2n) is 3.45. The van der Waals surface area contributed by atoms with Gasteiger partial charge in [0.15, 0.2) is 0 Å². The first-order valence-electron chi connectivity index (χ1n) is 5.26. The lowest BCUT2D eigenvalue weighted by molar-refractivity contribution is 0.413. The fourth-order valence-corrected chi connectivity index (χ4v) is 1.39. The van der Waals surface area contributed by atoms with Crippen molar-refractivity contribution in [2.45, 2.75) is 25.8 Å². The van der Waals surface area contributed by atoms with Gasteiger partial charge in [0, 0.05) is 12.6 Å². The van der Waals surface area contributed by atoms with Gasteiger partial charge in [0.1, 0.15) is 11.6 Å². The Morgan fingerprint density at radius 3 is 2.80 bits per heavy atom. The number of nitrogens with two attached hydrogens (primary N) is 1. The van der Waals surface area contributed by atoms with Crippen LogP contribution in [0.15, 0.2) is 18.3 Å². The molecule has 0 radical (unpaired) electrons. The Bertz CT molecular complexity index is 274. The molecule has 0 bridgehead atoms. The van der Waals surface area contributed by atoms with E-state index in [2.05, 4.69) is 17.2 Å². The first-order chi connectivity index (χ1) is 7.30. The van der Waals surface area contributed by atoms with E-state index in [0.29, 0.717) is 12.6 Å². The summed E-state index contributed by atoms with van der Waals surface area (Å²) in [6.07, 6.45) is 3.87. The highest BCUT2D eigenvalue weighted by Gasteiger charge is 2.05. The van der Waals surface area contributed by atoms with Crippen LogP contribution in [0.2, 0.25) is 0 Å². The molecule has 15 heavy (non-hydrogen) atoms. The van der Waals surface area contributed by atoms with Gasteiger partial charge in [0.05, 0.1) is 13.3 Å². The summed E-state index contributed by atoms with van der Waals surface area (Å²) in [7, 11) is 1.63. The van der Waals surface area contributed by atoms with E-state index < -0.39 is 0 Å². The van der Waals surface area contributed by atoms with Crippen molar-refractivity contribution in [1.29, 1.82) is 0 Å². The number of ether oxygens (including phenoxy) is 1. The fraction of sp³-hybridized carbons (Fsp3) is 0.545. The van der Waals surface area contributed by atoms with Gasteiger partial charge in [-0.3, -0.25) is 0 Å². The number of rotatable bonds is 6. The summed E-state index contributed by atoms with van der Waals surface area (Å²) in [4.78, 5) is 4.23. The Balaban J connectivity index is 2.55. The molecule has 0 aliphatic heterocycles. The minimum absolute atomic E-state index is 0.302. The SMILES string of the molecule is CCCC(CN)Nc1ccc(OC)cn1. The second kappa shape index (κ2) is 6.24. The van der Waals surface area contributed by atoms with Gasteiger partial charge in [-0.15, -0.1) is 0 Å². The molecule has 1 heterocycles. The van der Waals surface area contributed by atoms with Crippen molar-refractivity contribution in [3.63, 3.8) is 0 Å². The van der Waals surface area contributed by atoms with Crippen molar-refractivity contribution < 1.29 is 4.74 Å². The Labute approximate surface area is 90.8 Å². The molecule has 0 aliphatic carbocycles. The lowest BCUT2D eigenvalue weighted by atomic mass is 10.1. The molecule has 1 aromatic heterocycles. The van der Waals surface area contributed by atoms with Gasteiger partial charge in [-0.2, -0.15) is 0 Å². The van der Waals surface area contributed by atoms with Crippen LogP contribution in [0.3, 0.4) is 0 Å². The van der Waals surface area contributed by atoms with Crippen LogP contribution in [0.4, 0.5) is 5.82 Å². The smallest absolute Gasteiger partial charge is 0.137 e. The Kier molecular flexibility index (Phi) is 4.90. The number of hydrogen-bond acceptors (Lipinski definition) is 4. The zero-order chi connectivity index (χ0) is 11.1. The van der Waals surface area contributed by atoms with E-state index in [9.17, 15) is 0 Å². The summed E-state index contributed by atoms with van der Waals surface area (Å²) in [6.45, 7) is 2.77. The molecule has 1 unspecified atom stereocenters. The van der Waals surface area contributed by atoms with Crippen LogP contribution in [0, 0.1) is 0 Å². The number of pyridine rings is 1. The average molecular weight is 209 g/mol. The maximum atomic E-state index is 5.65. The van der Waals surface area contributed by atoms with Crippen LogP contribution >= 0.6 is 0 Å². The first-order valence-corrected chi connectivity index (χ1v) is 5.26. The molecular formula is C11H19N3O. The number of nitrogens with one attached hydrogen (secondary N) is 1. The Morgan fingerprint density at radius 2 is 2.33 bits per heavy atom. The van der Waals surface area contributed by atoms with Crippen molar-refractivity contribution in [2.24, 2.45) is 5.73 Å². The summed E-state index contributed by atoms with van der Waals surface area (Å²) in [5.41, 5.74) is 5.65. The molecule has 1 rings (SSSR count). The predicted molar refractivity (Wildman–Crippen MR) is 62.2 cm³/mol. The van der Waals surface area contributed by atoms with Gasteiger partial charge in [-0.1, -0.05) is 13.3 Å². The molecule has 3 N–H and O–H groups in total. The van der Waals surface area contributed by atoms with Gasteiger partial charge in [-0.25, -0.2) is 4.98 Å². The zero-order valence-electron chi connectivity index (χ0n) is 9.36. The molecule has 0 amide bonds. The molecule has 0 fully saturated rings. The summed E-state index contributed by atoms with van der Waals surface area (Å²) in [5.74, 6) is 1.61. The van der Waals surface area contributed by atoms with Crippen LogP contribution < -0.4 is 15.8 Å². The van der Waals surface area contributed by atoms with Crippen molar-refractivity contribution in [2.75, 3.05) is 19.0 Å². The van der Waals surface area contributed by atoms with Crippen LogP contribution in [-0.4, -0.2) is 24.7 Å². The molecule has 0 spiro atoms. The van der Waals surface area contributed by atoms with Crippen LogP contribution in [0.5, 0.6) is 5.75 Å². The monoisotopic (exact) mass is 209 g/mol. The normalized spacial score (nSPS) is 12.2. The molecule has 4 heteroatoms. The number of methoxy groups -OCH3 is 1. The van der Waals surface area contributed by atoms with Crippen LogP contribution in [0.1, 0.15) is 19.8 Å². The third-order valence-electron chi connectivity index (χ3n) is 2.25. The maximum Gasteiger partial charge on any atom is 0.137 e. The highest BCUT2D eigenvalue weighted by atomic mass is 16.5. The van der Waals surface area contributed by atoms with Crippen molar-refractivity contribution in [1.82, 2.24) is 4.98 Å². The molecule has 84 valence electrons. The third kappa shape index (κ3) is 3.75. The summed E-state index contributed by atoms with van der Waals surface area (Å²) < 4.78 is 5.03. The number of anilines is 1. The Morgan fingerprint density at radius 1 is 1.53 bits per heavy atom. The van der Waals surface area contributed by atoms with Gasteiger partial charge < -0.3 is 15.8 Å². The van der Waals surface area contributed by atoms with Crippen molar-refractivity contribution in [3.05, 3.63) is 18.3 Å². The first kappa shape index (κ1) is 11.8. The van der Waals surface area contributed by atoms with E-state index in [1.807, 2.05) is 12.1 Å². The quantitative estimate of drug-likeness (QED) is 0.747. The van der Waals surface area contributed by atoms with Gasteiger partial charge in [-0.05, 0) is 18.6 Å². The third-order valence-corrected chi connectivity index (χ3v) is 2.25. The predicted octanol–water partition coefficient (Wildman–Crippen LogP) is 1.63.